The molecule has 0 aromatic heterocycles. The highest BCUT2D eigenvalue weighted by Gasteiger charge is 2.19. The summed E-state index contributed by atoms with van der Waals surface area (Å²) >= 11 is 0. The van der Waals surface area contributed by atoms with Crippen molar-refractivity contribution in [3.8, 4) is 0 Å². The fourth-order valence-electron chi connectivity index (χ4n) is 0.913. The van der Waals surface area contributed by atoms with E-state index in [9.17, 15) is 4.39 Å². The van der Waals surface area contributed by atoms with Crippen LogP contribution in [0.1, 0.15) is 0 Å². The van der Waals surface area contributed by atoms with Gasteiger partial charge in [-0.25, -0.2) is 4.39 Å². The van der Waals surface area contributed by atoms with Crippen molar-refractivity contribution in [2.45, 2.75) is 0 Å². The Kier molecular flexibility index (Phi) is 3.05. The molecule has 1 aromatic carbocycles. The van der Waals surface area contributed by atoms with E-state index >= 15 is 0 Å². The monoisotopic (exact) mass is 184 g/mol. The van der Waals surface area contributed by atoms with E-state index in [0.29, 0.717) is 0 Å². The number of rotatable bonds is 2. The van der Waals surface area contributed by atoms with Crippen molar-refractivity contribution in [3.05, 3.63) is 24.0 Å². The van der Waals surface area contributed by atoms with Gasteiger partial charge in [-0.15, -0.1) is 0 Å². The molecule has 68 valence electrons. The maximum absolute atomic E-state index is 12.9. The molecule has 4 nitrogen and oxygen atoms in total. The molecular formula is C6H7B2FO4. The molecule has 4 N–H and O–H groups in total. The topological polar surface area (TPSA) is 80.9 Å². The Balaban J connectivity index is 3.06. The van der Waals surface area contributed by atoms with Gasteiger partial charge < -0.3 is 20.1 Å². The Bertz CT molecular complexity index is 305. The summed E-state index contributed by atoms with van der Waals surface area (Å²) in [7, 11) is -3.66. The van der Waals surface area contributed by atoms with E-state index < -0.39 is 20.1 Å². The van der Waals surface area contributed by atoms with Gasteiger partial charge in [0.2, 0.25) is 0 Å². The number of halogens is 1. The van der Waals surface area contributed by atoms with E-state index in [1.165, 1.54) is 6.07 Å². The van der Waals surface area contributed by atoms with Gasteiger partial charge in [-0.3, -0.25) is 0 Å². The van der Waals surface area contributed by atoms with E-state index in [2.05, 4.69) is 0 Å². The molecule has 1 rings (SSSR count). The van der Waals surface area contributed by atoms with Gasteiger partial charge in [-0.2, -0.15) is 0 Å². The molecule has 0 spiro atoms. The van der Waals surface area contributed by atoms with Crippen LogP contribution in [0, 0.1) is 5.82 Å². The average molecular weight is 184 g/mol. The normalized spacial score (nSPS) is 9.92. The third kappa shape index (κ3) is 2.28. The van der Waals surface area contributed by atoms with Crippen LogP contribution in [0.2, 0.25) is 0 Å². The van der Waals surface area contributed by atoms with Crippen molar-refractivity contribution < 1.29 is 24.5 Å². The SMILES string of the molecule is OB(O)c1ccc(B(O)O)c(F)c1. The summed E-state index contributed by atoms with van der Waals surface area (Å²) in [6.45, 7) is 0. The molecule has 0 atom stereocenters. The summed E-state index contributed by atoms with van der Waals surface area (Å²) < 4.78 is 12.9. The molecule has 0 aliphatic carbocycles. The van der Waals surface area contributed by atoms with Crippen LogP contribution >= 0.6 is 0 Å². The van der Waals surface area contributed by atoms with E-state index in [-0.39, 0.29) is 10.9 Å². The van der Waals surface area contributed by atoms with Crippen LogP contribution in [0.4, 0.5) is 4.39 Å². The molecule has 0 fully saturated rings. The summed E-state index contributed by atoms with van der Waals surface area (Å²) in [5.41, 5.74) is -0.341. The van der Waals surface area contributed by atoms with Crippen molar-refractivity contribution in [3.63, 3.8) is 0 Å². The summed E-state index contributed by atoms with van der Waals surface area (Å²) in [5, 5.41) is 34.5. The largest absolute Gasteiger partial charge is 0.491 e. The Morgan fingerprint density at radius 2 is 1.62 bits per heavy atom. The average Bonchev–Trinajstić information content (AvgIpc) is 2.03. The van der Waals surface area contributed by atoms with E-state index in [4.69, 9.17) is 20.1 Å². The Morgan fingerprint density at radius 1 is 1.00 bits per heavy atom. The van der Waals surface area contributed by atoms with Crippen molar-refractivity contribution in [2.75, 3.05) is 0 Å². The minimum absolute atomic E-state index is 0.0399. The molecule has 0 saturated heterocycles. The first-order valence-electron chi connectivity index (χ1n) is 3.54. The second kappa shape index (κ2) is 3.89. The van der Waals surface area contributed by atoms with E-state index in [1.54, 1.807) is 0 Å². The third-order valence-electron chi connectivity index (χ3n) is 1.60. The van der Waals surface area contributed by atoms with Crippen molar-refractivity contribution in [2.24, 2.45) is 0 Å². The van der Waals surface area contributed by atoms with Gasteiger partial charge in [0, 0.05) is 5.46 Å². The maximum atomic E-state index is 12.9. The summed E-state index contributed by atoms with van der Waals surface area (Å²) in [6.07, 6.45) is 0. The first-order chi connectivity index (χ1) is 6.02. The summed E-state index contributed by atoms with van der Waals surface area (Å²) in [4.78, 5) is 0. The van der Waals surface area contributed by atoms with E-state index in [0.717, 1.165) is 12.1 Å². The molecule has 1 aromatic rings. The third-order valence-corrected chi connectivity index (χ3v) is 1.60. The van der Waals surface area contributed by atoms with Gasteiger partial charge in [-0.1, -0.05) is 12.1 Å². The number of hydrogen-bond acceptors (Lipinski definition) is 4. The molecule has 0 bridgehead atoms. The molecular weight excluding hydrogens is 177 g/mol. The summed E-state index contributed by atoms with van der Waals surface area (Å²) in [6, 6.07) is 3.11. The minimum atomic E-state index is -1.90. The van der Waals surface area contributed by atoms with Gasteiger partial charge in [0.15, 0.2) is 0 Å². The highest BCUT2D eigenvalue weighted by Crippen LogP contribution is 1.92. The van der Waals surface area contributed by atoms with Crippen LogP contribution in [0.3, 0.4) is 0 Å². The molecule has 7 heteroatoms. The highest BCUT2D eigenvalue weighted by atomic mass is 19.1. The molecule has 0 radical (unpaired) electrons. The second-order valence-electron chi connectivity index (χ2n) is 2.53. The lowest BCUT2D eigenvalue weighted by atomic mass is 9.74. The quantitative estimate of drug-likeness (QED) is 0.373. The fourth-order valence-corrected chi connectivity index (χ4v) is 0.913. The van der Waals surface area contributed by atoms with Crippen LogP contribution in [-0.4, -0.2) is 34.3 Å². The number of hydrogen-bond donors (Lipinski definition) is 4. The zero-order chi connectivity index (χ0) is 10.0. The minimum Gasteiger partial charge on any atom is -0.423 e. The molecule has 0 amide bonds. The Hall–Kier alpha value is -0.880. The zero-order valence-corrected chi connectivity index (χ0v) is 6.55. The predicted octanol–water partition coefficient (Wildman–Crippen LogP) is -2.81. The Morgan fingerprint density at radius 3 is 2.00 bits per heavy atom. The smallest absolute Gasteiger partial charge is 0.423 e. The van der Waals surface area contributed by atoms with Gasteiger partial charge in [0.25, 0.3) is 0 Å². The second-order valence-corrected chi connectivity index (χ2v) is 2.53. The Labute approximate surface area is 74.6 Å². The molecule has 0 saturated carbocycles. The molecule has 0 heterocycles. The van der Waals surface area contributed by atoms with Crippen LogP contribution in [-0.2, 0) is 0 Å². The van der Waals surface area contributed by atoms with Gasteiger partial charge in [0.1, 0.15) is 5.82 Å². The van der Waals surface area contributed by atoms with E-state index in [1.807, 2.05) is 0 Å². The van der Waals surface area contributed by atoms with Crippen LogP contribution in [0.5, 0.6) is 0 Å². The van der Waals surface area contributed by atoms with Gasteiger partial charge in [0.05, 0.1) is 0 Å². The summed E-state index contributed by atoms with van der Waals surface area (Å²) in [5.74, 6) is -0.888. The molecule has 0 aliphatic heterocycles. The number of benzene rings is 1. The standard InChI is InChI=1S/C6H7B2FO4/c9-6-3-4(7(10)11)1-2-5(6)8(12)13/h1-3,10-13H. The molecule has 0 unspecified atom stereocenters. The van der Waals surface area contributed by atoms with Crippen LogP contribution < -0.4 is 10.9 Å². The van der Waals surface area contributed by atoms with Crippen molar-refractivity contribution >= 4 is 25.2 Å². The van der Waals surface area contributed by atoms with Crippen molar-refractivity contribution in [1.82, 2.24) is 0 Å². The lowest BCUT2D eigenvalue weighted by molar-refractivity contribution is 0.421. The highest BCUT2D eigenvalue weighted by molar-refractivity contribution is 6.60. The lowest BCUT2D eigenvalue weighted by Gasteiger charge is -2.03. The lowest BCUT2D eigenvalue weighted by Crippen LogP contribution is -2.37. The zero-order valence-electron chi connectivity index (χ0n) is 6.55. The molecule has 13 heavy (non-hydrogen) atoms. The van der Waals surface area contributed by atoms with Gasteiger partial charge >= 0.3 is 14.2 Å². The molecule has 0 aliphatic rings. The van der Waals surface area contributed by atoms with Crippen molar-refractivity contribution in [1.29, 1.82) is 0 Å². The predicted molar refractivity (Wildman–Crippen MR) is 46.1 cm³/mol. The first kappa shape index (κ1) is 10.2. The maximum Gasteiger partial charge on any atom is 0.491 e. The first-order valence-corrected chi connectivity index (χ1v) is 3.54. The van der Waals surface area contributed by atoms with Gasteiger partial charge in [-0.05, 0) is 11.5 Å². The fraction of sp³-hybridized carbons (Fsp3) is 0. The van der Waals surface area contributed by atoms with Crippen LogP contribution in [0.15, 0.2) is 18.2 Å². The van der Waals surface area contributed by atoms with Crippen LogP contribution in [0.25, 0.3) is 0 Å².